The molecule has 0 aliphatic carbocycles. The molecule has 2 aliphatic rings. The van der Waals surface area contributed by atoms with E-state index in [1.54, 1.807) is 0 Å². The molecule has 2 saturated heterocycles. The van der Waals surface area contributed by atoms with E-state index in [-0.39, 0.29) is 18.0 Å². The minimum Gasteiger partial charge on any atom is -0.342 e. The van der Waals surface area contributed by atoms with Crippen LogP contribution in [0.1, 0.15) is 47.5 Å². The van der Waals surface area contributed by atoms with Crippen LogP contribution in [0.3, 0.4) is 0 Å². The first-order valence-electron chi connectivity index (χ1n) is 10.3. The molecule has 0 aromatic carbocycles. The van der Waals surface area contributed by atoms with E-state index in [0.717, 1.165) is 32.1 Å². The van der Waals surface area contributed by atoms with Crippen LogP contribution in [0.15, 0.2) is 0 Å². The van der Waals surface area contributed by atoms with E-state index >= 15 is 0 Å². The molecule has 0 aromatic rings. The Morgan fingerprint density at radius 2 is 1.48 bits per heavy atom. The summed E-state index contributed by atoms with van der Waals surface area (Å²) in [5, 5.41) is 0. The quantitative estimate of drug-likeness (QED) is 0.731. The molecule has 146 valence electrons. The number of carbonyl (C=O) groups excluding carboxylic acids is 1. The summed E-state index contributed by atoms with van der Waals surface area (Å²) in [5.41, 5.74) is 0. The maximum Gasteiger partial charge on any atom is 0.239 e. The zero-order valence-electron chi connectivity index (χ0n) is 17.4. The monoisotopic (exact) mass is 352 g/mol. The van der Waals surface area contributed by atoms with Crippen LogP contribution in [0.5, 0.6) is 0 Å². The Bertz CT molecular complexity index is 410. The Morgan fingerprint density at radius 3 is 1.96 bits per heavy atom. The molecular formula is C20H40N4O. The average Bonchev–Trinajstić information content (AvgIpc) is 2.60. The zero-order valence-corrected chi connectivity index (χ0v) is 17.4. The van der Waals surface area contributed by atoms with E-state index in [9.17, 15) is 4.79 Å². The van der Waals surface area contributed by atoms with Crippen molar-refractivity contribution in [1.29, 1.82) is 0 Å². The highest BCUT2D eigenvalue weighted by Gasteiger charge is 2.29. The smallest absolute Gasteiger partial charge is 0.239 e. The van der Waals surface area contributed by atoms with E-state index in [2.05, 4.69) is 49.3 Å². The number of hydrogen-bond donors (Lipinski definition) is 0. The van der Waals surface area contributed by atoms with Gasteiger partial charge in [-0.15, -0.1) is 0 Å². The van der Waals surface area contributed by atoms with Gasteiger partial charge in [-0.3, -0.25) is 9.69 Å². The van der Waals surface area contributed by atoms with Crippen LogP contribution in [0, 0.1) is 5.92 Å². The molecule has 0 N–H and O–H groups in total. The van der Waals surface area contributed by atoms with Gasteiger partial charge in [0.2, 0.25) is 5.91 Å². The molecule has 5 nitrogen and oxygen atoms in total. The highest BCUT2D eigenvalue weighted by atomic mass is 16.2. The van der Waals surface area contributed by atoms with Gasteiger partial charge in [-0.25, -0.2) is 0 Å². The molecule has 25 heavy (non-hydrogen) atoms. The van der Waals surface area contributed by atoms with Gasteiger partial charge in [-0.2, -0.15) is 0 Å². The summed E-state index contributed by atoms with van der Waals surface area (Å²) in [6.07, 6.45) is 2.68. The molecule has 1 amide bonds. The van der Waals surface area contributed by atoms with Gasteiger partial charge in [-0.05, 0) is 66.5 Å². The fourth-order valence-corrected chi connectivity index (χ4v) is 4.06. The zero-order chi connectivity index (χ0) is 18.6. The molecule has 2 heterocycles. The van der Waals surface area contributed by atoms with Crippen molar-refractivity contribution < 1.29 is 4.79 Å². The lowest BCUT2D eigenvalue weighted by Crippen LogP contribution is -2.55. The summed E-state index contributed by atoms with van der Waals surface area (Å²) >= 11 is 0. The summed E-state index contributed by atoms with van der Waals surface area (Å²) in [6, 6.07) is 0.962. The lowest BCUT2D eigenvalue weighted by molar-refractivity contribution is -0.137. The van der Waals surface area contributed by atoms with Gasteiger partial charge in [0.25, 0.3) is 0 Å². The minimum atomic E-state index is 0.00355. The standard InChI is InChI=1S/C20H40N4O/c1-16(2)21(6)20(25)18(5)24-13-11-22(12-14-24)15-19-7-9-23(10-8-19)17(3)4/h16-19H,7-15H2,1-6H3/t18-/m0/s1. The van der Waals surface area contributed by atoms with E-state index in [4.69, 9.17) is 0 Å². The molecule has 0 radical (unpaired) electrons. The number of hydrogen-bond acceptors (Lipinski definition) is 4. The minimum absolute atomic E-state index is 0.00355. The van der Waals surface area contributed by atoms with E-state index in [0.29, 0.717) is 6.04 Å². The van der Waals surface area contributed by atoms with Crippen molar-refractivity contribution in [2.24, 2.45) is 5.92 Å². The summed E-state index contributed by atoms with van der Waals surface area (Å²) in [6.45, 7) is 18.8. The molecule has 0 aromatic heterocycles. The van der Waals surface area contributed by atoms with Crippen molar-refractivity contribution in [2.45, 2.75) is 65.6 Å². The Kier molecular flexibility index (Phi) is 7.71. The number of piperidine rings is 1. The Hall–Kier alpha value is -0.650. The predicted octanol–water partition coefficient (Wildman–Crippen LogP) is 1.98. The van der Waals surface area contributed by atoms with Crippen molar-refractivity contribution in [1.82, 2.24) is 19.6 Å². The highest BCUT2D eigenvalue weighted by molar-refractivity contribution is 5.81. The normalized spacial score (nSPS) is 23.4. The second-order valence-corrected chi connectivity index (χ2v) is 8.63. The summed E-state index contributed by atoms with van der Waals surface area (Å²) in [4.78, 5) is 22.0. The Morgan fingerprint density at radius 1 is 0.920 bits per heavy atom. The lowest BCUT2D eigenvalue weighted by Gasteiger charge is -2.41. The van der Waals surface area contributed by atoms with E-state index in [1.807, 2.05) is 11.9 Å². The largest absolute Gasteiger partial charge is 0.342 e. The first-order valence-corrected chi connectivity index (χ1v) is 10.3. The molecule has 5 heteroatoms. The fraction of sp³-hybridized carbons (Fsp3) is 0.950. The summed E-state index contributed by atoms with van der Waals surface area (Å²) in [5.74, 6) is 1.11. The van der Waals surface area contributed by atoms with Crippen molar-refractivity contribution in [2.75, 3.05) is 52.9 Å². The molecule has 2 fully saturated rings. The molecule has 1 atom stereocenters. The number of amides is 1. The number of likely N-dealkylation sites (tertiary alicyclic amines) is 1. The molecular weight excluding hydrogens is 312 g/mol. The van der Waals surface area contributed by atoms with Crippen LogP contribution in [0.25, 0.3) is 0 Å². The number of rotatable bonds is 6. The molecule has 0 spiro atoms. The van der Waals surface area contributed by atoms with Crippen molar-refractivity contribution in [3.63, 3.8) is 0 Å². The highest BCUT2D eigenvalue weighted by Crippen LogP contribution is 2.21. The maximum atomic E-state index is 12.5. The van der Waals surface area contributed by atoms with Crippen LogP contribution in [-0.4, -0.2) is 96.5 Å². The van der Waals surface area contributed by atoms with Gasteiger partial charge in [0, 0.05) is 51.9 Å². The third-order valence-electron chi connectivity index (χ3n) is 6.33. The van der Waals surface area contributed by atoms with Gasteiger partial charge in [0.1, 0.15) is 0 Å². The summed E-state index contributed by atoms with van der Waals surface area (Å²) < 4.78 is 0. The van der Waals surface area contributed by atoms with Crippen LogP contribution in [0.2, 0.25) is 0 Å². The molecule has 2 aliphatic heterocycles. The summed E-state index contributed by atoms with van der Waals surface area (Å²) in [7, 11) is 1.92. The first kappa shape index (κ1) is 20.7. The second-order valence-electron chi connectivity index (χ2n) is 8.63. The van der Waals surface area contributed by atoms with Crippen LogP contribution in [0.4, 0.5) is 0 Å². The van der Waals surface area contributed by atoms with E-state index < -0.39 is 0 Å². The predicted molar refractivity (Wildman–Crippen MR) is 105 cm³/mol. The van der Waals surface area contributed by atoms with Gasteiger partial charge < -0.3 is 14.7 Å². The second kappa shape index (κ2) is 9.33. The fourth-order valence-electron chi connectivity index (χ4n) is 4.06. The van der Waals surface area contributed by atoms with Gasteiger partial charge >= 0.3 is 0 Å². The number of piperazine rings is 1. The topological polar surface area (TPSA) is 30.0 Å². The number of carbonyl (C=O) groups is 1. The van der Waals surface area contributed by atoms with Crippen LogP contribution < -0.4 is 0 Å². The average molecular weight is 353 g/mol. The van der Waals surface area contributed by atoms with Gasteiger partial charge in [0.15, 0.2) is 0 Å². The molecule has 0 saturated carbocycles. The third kappa shape index (κ3) is 5.66. The maximum absolute atomic E-state index is 12.5. The molecule has 0 unspecified atom stereocenters. The van der Waals surface area contributed by atoms with Crippen LogP contribution in [-0.2, 0) is 4.79 Å². The molecule has 2 rings (SSSR count). The number of nitrogens with zero attached hydrogens (tertiary/aromatic N) is 4. The lowest BCUT2D eigenvalue weighted by atomic mass is 9.95. The number of likely N-dealkylation sites (N-methyl/N-ethyl adjacent to an activating group) is 1. The van der Waals surface area contributed by atoms with Crippen molar-refractivity contribution in [3.8, 4) is 0 Å². The van der Waals surface area contributed by atoms with Crippen molar-refractivity contribution >= 4 is 5.91 Å². The SMILES string of the molecule is CC(C)N1CCC(CN2CCN([C@@H](C)C(=O)N(C)C(C)C)CC2)CC1. The van der Waals surface area contributed by atoms with Crippen LogP contribution >= 0.6 is 0 Å². The Labute approximate surface area is 155 Å². The first-order chi connectivity index (χ1) is 11.8. The van der Waals surface area contributed by atoms with Crippen molar-refractivity contribution in [3.05, 3.63) is 0 Å². The Balaban J connectivity index is 1.72. The third-order valence-corrected chi connectivity index (χ3v) is 6.33. The van der Waals surface area contributed by atoms with Gasteiger partial charge in [-0.1, -0.05) is 0 Å². The molecule has 0 bridgehead atoms. The van der Waals surface area contributed by atoms with Gasteiger partial charge in [0.05, 0.1) is 6.04 Å². The van der Waals surface area contributed by atoms with E-state index in [1.165, 1.54) is 32.5 Å².